The van der Waals surface area contributed by atoms with E-state index in [9.17, 15) is 0 Å². The third-order valence-corrected chi connectivity index (χ3v) is 1.33. The van der Waals surface area contributed by atoms with Crippen molar-refractivity contribution in [2.45, 2.75) is 20.0 Å². The second-order valence-electron chi connectivity index (χ2n) is 2.79. The van der Waals surface area contributed by atoms with Crippen molar-refractivity contribution in [3.05, 3.63) is 30.6 Å². The van der Waals surface area contributed by atoms with Gasteiger partial charge in [-0.15, -0.1) is 0 Å². The molecule has 0 amide bonds. The minimum Gasteiger partial charge on any atom is -0.491 e. The topological polar surface area (TPSA) is 22.1 Å². The van der Waals surface area contributed by atoms with Crippen LogP contribution in [0.1, 0.15) is 19.5 Å². The van der Waals surface area contributed by atoms with Crippen LogP contribution in [-0.2, 0) is 0 Å². The Morgan fingerprint density at radius 3 is 2.92 bits per heavy atom. The predicted molar refractivity (Wildman–Crippen MR) is 50.1 cm³/mol. The Morgan fingerprint density at radius 2 is 2.33 bits per heavy atom. The van der Waals surface area contributed by atoms with Crippen molar-refractivity contribution in [1.82, 2.24) is 4.98 Å². The minimum absolute atomic E-state index is 0.199. The van der Waals surface area contributed by atoms with Gasteiger partial charge < -0.3 is 4.74 Å². The molecule has 12 heavy (non-hydrogen) atoms. The number of aromatic nitrogens is 1. The molecule has 1 rings (SSSR count). The summed E-state index contributed by atoms with van der Waals surface area (Å²) in [7, 11) is 0. The minimum atomic E-state index is 0.199. The van der Waals surface area contributed by atoms with Crippen LogP contribution >= 0.6 is 0 Å². The fourth-order valence-corrected chi connectivity index (χ4v) is 0.885. The average molecular weight is 163 g/mol. The van der Waals surface area contributed by atoms with Gasteiger partial charge in [0.25, 0.3) is 0 Å². The maximum atomic E-state index is 5.47. The van der Waals surface area contributed by atoms with E-state index in [1.54, 1.807) is 12.3 Å². The quantitative estimate of drug-likeness (QED) is 0.683. The lowest BCUT2D eigenvalue weighted by atomic mass is 10.3. The van der Waals surface area contributed by atoms with Crippen molar-refractivity contribution < 1.29 is 4.74 Å². The van der Waals surface area contributed by atoms with Gasteiger partial charge >= 0.3 is 0 Å². The van der Waals surface area contributed by atoms with Crippen LogP contribution in [0.15, 0.2) is 24.9 Å². The van der Waals surface area contributed by atoms with Crippen LogP contribution in [0.5, 0.6) is 5.75 Å². The zero-order valence-electron chi connectivity index (χ0n) is 7.45. The van der Waals surface area contributed by atoms with E-state index in [4.69, 9.17) is 4.74 Å². The van der Waals surface area contributed by atoms with Crippen LogP contribution in [0.3, 0.4) is 0 Å². The van der Waals surface area contributed by atoms with Crippen molar-refractivity contribution in [2.75, 3.05) is 0 Å². The molecule has 0 spiro atoms. The Kier molecular flexibility index (Phi) is 2.86. The highest BCUT2D eigenvalue weighted by atomic mass is 16.5. The average Bonchev–Trinajstić information content (AvgIpc) is 2.03. The Labute approximate surface area is 72.9 Å². The maximum absolute atomic E-state index is 5.47. The number of ether oxygens (including phenoxy) is 1. The van der Waals surface area contributed by atoms with Crippen LogP contribution < -0.4 is 4.74 Å². The fraction of sp³-hybridized carbons (Fsp3) is 0.300. The van der Waals surface area contributed by atoms with Gasteiger partial charge in [-0.05, 0) is 26.0 Å². The molecule has 0 aromatic carbocycles. The van der Waals surface area contributed by atoms with Gasteiger partial charge in [-0.1, -0.05) is 6.58 Å². The molecule has 0 aliphatic carbocycles. The Balaban J connectivity index is 2.79. The molecule has 0 unspecified atom stereocenters. The van der Waals surface area contributed by atoms with E-state index in [1.807, 2.05) is 26.0 Å². The van der Waals surface area contributed by atoms with Crippen molar-refractivity contribution >= 4 is 6.08 Å². The summed E-state index contributed by atoms with van der Waals surface area (Å²) < 4.78 is 5.47. The molecular weight excluding hydrogens is 150 g/mol. The molecule has 64 valence electrons. The van der Waals surface area contributed by atoms with Gasteiger partial charge in [-0.2, -0.15) is 0 Å². The zero-order valence-corrected chi connectivity index (χ0v) is 7.45. The molecule has 0 N–H and O–H groups in total. The second kappa shape index (κ2) is 3.90. The van der Waals surface area contributed by atoms with E-state index < -0.39 is 0 Å². The largest absolute Gasteiger partial charge is 0.491 e. The summed E-state index contributed by atoms with van der Waals surface area (Å²) in [5.41, 5.74) is 0.841. The second-order valence-corrected chi connectivity index (χ2v) is 2.79. The highest BCUT2D eigenvalue weighted by Gasteiger charge is 1.97. The third kappa shape index (κ3) is 2.38. The molecule has 0 atom stereocenters. The van der Waals surface area contributed by atoms with E-state index in [0.29, 0.717) is 0 Å². The lowest BCUT2D eigenvalue weighted by Crippen LogP contribution is -2.05. The van der Waals surface area contributed by atoms with Gasteiger partial charge in [0, 0.05) is 12.3 Å². The molecule has 0 aliphatic rings. The number of hydrogen-bond acceptors (Lipinski definition) is 2. The lowest BCUT2D eigenvalue weighted by molar-refractivity contribution is 0.242. The van der Waals surface area contributed by atoms with Crippen molar-refractivity contribution in [1.29, 1.82) is 0 Å². The fourth-order valence-electron chi connectivity index (χ4n) is 0.885. The summed E-state index contributed by atoms with van der Waals surface area (Å²) in [4.78, 5) is 4.07. The number of pyridine rings is 1. The summed E-state index contributed by atoms with van der Waals surface area (Å²) in [6, 6.07) is 3.71. The first-order valence-corrected chi connectivity index (χ1v) is 3.97. The van der Waals surface area contributed by atoms with Crippen LogP contribution in [0.4, 0.5) is 0 Å². The van der Waals surface area contributed by atoms with Gasteiger partial charge in [-0.25, -0.2) is 0 Å². The molecule has 1 aromatic heterocycles. The van der Waals surface area contributed by atoms with Gasteiger partial charge in [-0.3, -0.25) is 4.98 Å². The Morgan fingerprint density at radius 1 is 1.58 bits per heavy atom. The summed E-state index contributed by atoms with van der Waals surface area (Å²) in [6.45, 7) is 7.62. The van der Waals surface area contributed by atoms with Crippen LogP contribution in [-0.4, -0.2) is 11.1 Å². The standard InChI is InChI=1S/C10H13NO/c1-4-9-7-10(5-6-11-9)12-8(2)3/h4-8H,1H2,2-3H3. The van der Waals surface area contributed by atoms with E-state index in [-0.39, 0.29) is 6.10 Å². The molecule has 1 heterocycles. The van der Waals surface area contributed by atoms with Crippen molar-refractivity contribution in [3.63, 3.8) is 0 Å². The van der Waals surface area contributed by atoms with E-state index in [0.717, 1.165) is 11.4 Å². The summed E-state index contributed by atoms with van der Waals surface area (Å²) >= 11 is 0. The van der Waals surface area contributed by atoms with Gasteiger partial charge in [0.05, 0.1) is 11.8 Å². The SMILES string of the molecule is C=Cc1cc(OC(C)C)ccn1. The maximum Gasteiger partial charge on any atom is 0.123 e. The van der Waals surface area contributed by atoms with Crippen molar-refractivity contribution in [2.24, 2.45) is 0 Å². The van der Waals surface area contributed by atoms with Crippen LogP contribution in [0.2, 0.25) is 0 Å². The summed E-state index contributed by atoms with van der Waals surface area (Å²) in [5, 5.41) is 0. The molecule has 0 aliphatic heterocycles. The first kappa shape index (κ1) is 8.78. The first-order valence-electron chi connectivity index (χ1n) is 3.97. The zero-order chi connectivity index (χ0) is 8.97. The van der Waals surface area contributed by atoms with E-state index in [1.165, 1.54) is 0 Å². The molecule has 0 saturated heterocycles. The normalized spacial score (nSPS) is 9.92. The van der Waals surface area contributed by atoms with Gasteiger partial charge in [0.2, 0.25) is 0 Å². The molecule has 0 radical (unpaired) electrons. The lowest BCUT2D eigenvalue weighted by Gasteiger charge is -2.08. The van der Waals surface area contributed by atoms with Crippen LogP contribution in [0.25, 0.3) is 6.08 Å². The van der Waals surface area contributed by atoms with Gasteiger partial charge in [0.1, 0.15) is 5.75 Å². The predicted octanol–water partition coefficient (Wildman–Crippen LogP) is 2.51. The molecule has 2 heteroatoms. The smallest absolute Gasteiger partial charge is 0.123 e. The molecule has 0 saturated carbocycles. The summed E-state index contributed by atoms with van der Waals surface area (Å²) in [5.74, 6) is 0.843. The molecule has 0 fully saturated rings. The molecule has 2 nitrogen and oxygen atoms in total. The first-order chi connectivity index (χ1) is 5.72. The van der Waals surface area contributed by atoms with Crippen LogP contribution in [0, 0.1) is 0 Å². The monoisotopic (exact) mass is 163 g/mol. The van der Waals surface area contributed by atoms with E-state index >= 15 is 0 Å². The summed E-state index contributed by atoms with van der Waals surface area (Å²) in [6.07, 6.45) is 3.62. The highest BCUT2D eigenvalue weighted by molar-refractivity contribution is 5.44. The third-order valence-electron chi connectivity index (χ3n) is 1.33. The Hall–Kier alpha value is -1.31. The molecule has 0 bridgehead atoms. The Bertz CT molecular complexity index is 268. The number of nitrogens with zero attached hydrogens (tertiary/aromatic N) is 1. The van der Waals surface area contributed by atoms with Gasteiger partial charge in [0.15, 0.2) is 0 Å². The van der Waals surface area contributed by atoms with Crippen molar-refractivity contribution in [3.8, 4) is 5.75 Å². The van der Waals surface area contributed by atoms with E-state index in [2.05, 4.69) is 11.6 Å². The number of hydrogen-bond donors (Lipinski definition) is 0. The highest BCUT2D eigenvalue weighted by Crippen LogP contribution is 2.12. The molecular formula is C10H13NO. The molecule has 1 aromatic rings. The number of rotatable bonds is 3.